The van der Waals surface area contributed by atoms with Crippen LogP contribution in [0.1, 0.15) is 53.2 Å². The predicted molar refractivity (Wildman–Crippen MR) is 113 cm³/mol. The Bertz CT molecular complexity index is 981. The van der Waals surface area contributed by atoms with Crippen LogP contribution in [-0.2, 0) is 14.3 Å². The lowest BCUT2D eigenvalue weighted by molar-refractivity contribution is -0.138. The van der Waals surface area contributed by atoms with Crippen molar-refractivity contribution in [3.05, 3.63) is 66.8 Å². The zero-order valence-corrected chi connectivity index (χ0v) is 17.8. The number of hydrogen-bond donors (Lipinski definition) is 1. The van der Waals surface area contributed by atoms with Crippen LogP contribution >= 0.6 is 22.7 Å². The summed E-state index contributed by atoms with van der Waals surface area (Å²) in [5.41, 5.74) is 3.04. The average molecular weight is 414 g/mol. The third-order valence-corrected chi connectivity index (χ3v) is 7.41. The van der Waals surface area contributed by atoms with E-state index in [0.29, 0.717) is 18.6 Å². The summed E-state index contributed by atoms with van der Waals surface area (Å²) < 4.78 is 5.34. The minimum Gasteiger partial charge on any atom is -0.463 e. The van der Waals surface area contributed by atoms with Gasteiger partial charge in [0.05, 0.1) is 18.1 Å². The summed E-state index contributed by atoms with van der Waals surface area (Å²) in [4.78, 5) is 29.5. The molecular weight excluding hydrogens is 390 g/mol. The topological polar surface area (TPSA) is 55.4 Å². The van der Waals surface area contributed by atoms with Crippen molar-refractivity contribution in [1.29, 1.82) is 0 Å². The Morgan fingerprint density at radius 1 is 1.21 bits per heavy atom. The second-order valence-corrected chi connectivity index (χ2v) is 9.50. The van der Waals surface area contributed by atoms with E-state index in [1.165, 1.54) is 4.88 Å². The third kappa shape index (κ3) is 3.35. The van der Waals surface area contributed by atoms with Gasteiger partial charge in [-0.2, -0.15) is 0 Å². The Morgan fingerprint density at radius 3 is 2.68 bits per heavy atom. The number of dihydropyridines is 1. The van der Waals surface area contributed by atoms with Crippen molar-refractivity contribution in [1.82, 2.24) is 5.32 Å². The fourth-order valence-electron chi connectivity index (χ4n) is 4.14. The summed E-state index contributed by atoms with van der Waals surface area (Å²) in [6.45, 7) is 6.06. The van der Waals surface area contributed by atoms with Crippen LogP contribution in [-0.4, -0.2) is 18.4 Å². The maximum absolute atomic E-state index is 13.3. The first-order valence-corrected chi connectivity index (χ1v) is 11.2. The summed E-state index contributed by atoms with van der Waals surface area (Å²) >= 11 is 3.34. The molecule has 2 atom stereocenters. The standard InChI is InChI=1S/C22H23NO3S2/c1-4-26-22(25)19-13(3)23-15-10-14(17-6-5-9-27-17)11-16(24)20(15)21(19)18-8-7-12(2)28-18/h5-9,14,21,23H,4,10-11H2,1-3H3/t14-,21-/m0/s1. The first-order chi connectivity index (χ1) is 13.5. The molecule has 2 aliphatic rings. The summed E-state index contributed by atoms with van der Waals surface area (Å²) in [5.74, 6) is -0.368. The highest BCUT2D eigenvalue weighted by atomic mass is 32.1. The number of ether oxygens (including phenoxy) is 1. The molecule has 1 N–H and O–H groups in total. The molecule has 2 aromatic heterocycles. The number of thiophene rings is 2. The zero-order valence-electron chi connectivity index (χ0n) is 16.2. The van der Waals surface area contributed by atoms with E-state index in [-0.39, 0.29) is 23.6 Å². The number of hydrogen-bond acceptors (Lipinski definition) is 6. The molecule has 0 bridgehead atoms. The monoisotopic (exact) mass is 413 g/mol. The van der Waals surface area contributed by atoms with Gasteiger partial charge in [-0.05, 0) is 50.8 Å². The zero-order chi connectivity index (χ0) is 19.8. The Balaban J connectivity index is 1.80. The van der Waals surface area contributed by atoms with Crippen molar-refractivity contribution in [2.24, 2.45) is 0 Å². The normalized spacial score (nSPS) is 22.2. The number of nitrogens with one attached hydrogen (secondary N) is 1. The van der Waals surface area contributed by atoms with Crippen molar-refractivity contribution in [3.63, 3.8) is 0 Å². The van der Waals surface area contributed by atoms with Crippen LogP contribution in [0.4, 0.5) is 0 Å². The molecule has 0 radical (unpaired) electrons. The molecule has 0 unspecified atom stereocenters. The number of aryl methyl sites for hydroxylation is 1. The lowest BCUT2D eigenvalue weighted by atomic mass is 9.74. The number of ketones is 1. The van der Waals surface area contributed by atoms with Crippen molar-refractivity contribution in [2.75, 3.05) is 6.61 Å². The molecule has 1 aliphatic heterocycles. The second kappa shape index (κ2) is 7.68. The van der Waals surface area contributed by atoms with Gasteiger partial charge in [0.2, 0.25) is 0 Å². The molecule has 4 nitrogen and oxygen atoms in total. The van der Waals surface area contributed by atoms with Crippen molar-refractivity contribution < 1.29 is 14.3 Å². The molecule has 146 valence electrons. The van der Waals surface area contributed by atoms with Crippen LogP contribution in [0.3, 0.4) is 0 Å². The van der Waals surface area contributed by atoms with Gasteiger partial charge in [-0.1, -0.05) is 6.07 Å². The van der Waals surface area contributed by atoms with Crippen molar-refractivity contribution >= 4 is 34.4 Å². The molecule has 1 aliphatic carbocycles. The summed E-state index contributed by atoms with van der Waals surface area (Å²) in [7, 11) is 0. The lowest BCUT2D eigenvalue weighted by Crippen LogP contribution is -2.35. The maximum atomic E-state index is 13.3. The second-order valence-electron chi connectivity index (χ2n) is 7.20. The van der Waals surface area contributed by atoms with Gasteiger partial charge in [0.25, 0.3) is 0 Å². The molecular formula is C22H23NO3S2. The quantitative estimate of drug-likeness (QED) is 0.713. The molecule has 3 heterocycles. The summed E-state index contributed by atoms with van der Waals surface area (Å²) in [6.07, 6.45) is 1.27. The summed E-state index contributed by atoms with van der Waals surface area (Å²) in [5, 5.41) is 5.44. The fourth-order valence-corrected chi connectivity index (χ4v) is 5.96. The SMILES string of the molecule is CCOC(=O)C1=C(C)NC2=C(C(=O)C[C@@H](c3cccs3)C2)[C@H]1c1ccc(C)s1. The number of esters is 1. The van der Waals surface area contributed by atoms with E-state index >= 15 is 0 Å². The van der Waals surface area contributed by atoms with Gasteiger partial charge in [-0.25, -0.2) is 4.79 Å². The summed E-state index contributed by atoms with van der Waals surface area (Å²) in [6, 6.07) is 8.21. The molecule has 0 fully saturated rings. The number of carbonyl (C=O) groups is 2. The number of carbonyl (C=O) groups excluding carboxylic acids is 2. The number of Topliss-reactive ketones (excluding diaryl/α,β-unsaturated/α-hetero) is 1. The van der Waals surface area contributed by atoms with E-state index in [9.17, 15) is 9.59 Å². The average Bonchev–Trinajstić information content (AvgIpc) is 3.32. The smallest absolute Gasteiger partial charge is 0.336 e. The lowest BCUT2D eigenvalue weighted by Gasteiger charge is -2.35. The molecule has 6 heteroatoms. The Morgan fingerprint density at radius 2 is 2.04 bits per heavy atom. The van der Waals surface area contributed by atoms with Crippen LogP contribution in [0, 0.1) is 6.92 Å². The number of allylic oxidation sites excluding steroid dienone is 3. The fraction of sp³-hybridized carbons (Fsp3) is 0.364. The highest BCUT2D eigenvalue weighted by Crippen LogP contribution is 2.47. The third-order valence-electron chi connectivity index (χ3n) is 5.31. The highest BCUT2D eigenvalue weighted by molar-refractivity contribution is 7.12. The largest absolute Gasteiger partial charge is 0.463 e. The molecule has 0 spiro atoms. The Hall–Kier alpha value is -2.18. The van der Waals surface area contributed by atoms with Gasteiger partial charge < -0.3 is 10.1 Å². The van der Waals surface area contributed by atoms with Gasteiger partial charge in [0.15, 0.2) is 5.78 Å². The van der Waals surface area contributed by atoms with Crippen molar-refractivity contribution in [2.45, 2.75) is 45.4 Å². The minimum absolute atomic E-state index is 0.123. The molecule has 0 amide bonds. The molecule has 4 rings (SSSR count). The van der Waals surface area contributed by atoms with Gasteiger partial charge >= 0.3 is 5.97 Å². The first kappa shape index (κ1) is 19.2. The van der Waals surface area contributed by atoms with Gasteiger partial charge in [0, 0.05) is 43.9 Å². The van der Waals surface area contributed by atoms with Gasteiger partial charge in [-0.3, -0.25) is 4.79 Å². The number of rotatable bonds is 4. The predicted octanol–water partition coefficient (Wildman–Crippen LogP) is 5.04. The maximum Gasteiger partial charge on any atom is 0.336 e. The van der Waals surface area contributed by atoms with Gasteiger partial charge in [0.1, 0.15) is 0 Å². The van der Waals surface area contributed by atoms with Crippen LogP contribution in [0.5, 0.6) is 0 Å². The van der Waals surface area contributed by atoms with Crippen LogP contribution in [0.2, 0.25) is 0 Å². The van der Waals surface area contributed by atoms with E-state index in [2.05, 4.69) is 16.8 Å². The first-order valence-electron chi connectivity index (χ1n) is 9.50. The van der Waals surface area contributed by atoms with E-state index in [4.69, 9.17) is 4.74 Å². The molecule has 2 aromatic rings. The van der Waals surface area contributed by atoms with E-state index in [0.717, 1.165) is 33.1 Å². The van der Waals surface area contributed by atoms with Crippen LogP contribution in [0.15, 0.2) is 52.2 Å². The van der Waals surface area contributed by atoms with Crippen LogP contribution < -0.4 is 5.32 Å². The van der Waals surface area contributed by atoms with Crippen LogP contribution in [0.25, 0.3) is 0 Å². The Kier molecular flexibility index (Phi) is 5.25. The van der Waals surface area contributed by atoms with Crippen molar-refractivity contribution in [3.8, 4) is 0 Å². The van der Waals surface area contributed by atoms with E-state index in [1.54, 1.807) is 29.6 Å². The molecule has 0 aromatic carbocycles. The van der Waals surface area contributed by atoms with E-state index < -0.39 is 0 Å². The van der Waals surface area contributed by atoms with Gasteiger partial charge in [-0.15, -0.1) is 22.7 Å². The Labute approximate surface area is 172 Å². The highest BCUT2D eigenvalue weighted by Gasteiger charge is 2.42. The molecule has 0 saturated carbocycles. The molecule has 28 heavy (non-hydrogen) atoms. The molecule has 0 saturated heterocycles. The minimum atomic E-state index is -0.344. The van der Waals surface area contributed by atoms with E-state index in [1.807, 2.05) is 32.0 Å².